The van der Waals surface area contributed by atoms with Crippen LogP contribution in [0.15, 0.2) is 72.8 Å². The predicted octanol–water partition coefficient (Wildman–Crippen LogP) is 4.80. The van der Waals surface area contributed by atoms with Gasteiger partial charge in [-0.15, -0.1) is 0 Å². The number of Topliss-reactive ketones (excluding diaryl/α,β-unsaturated/α-hetero) is 1. The van der Waals surface area contributed by atoms with Crippen molar-refractivity contribution in [1.82, 2.24) is 0 Å². The molecule has 2 N–H and O–H groups in total. The van der Waals surface area contributed by atoms with Crippen LogP contribution in [0, 0.1) is 0 Å². The van der Waals surface area contributed by atoms with Crippen molar-refractivity contribution in [3.63, 3.8) is 0 Å². The van der Waals surface area contributed by atoms with Gasteiger partial charge in [0.25, 0.3) is 5.91 Å². The second kappa shape index (κ2) is 7.06. The third-order valence-corrected chi connectivity index (χ3v) is 5.57. The van der Waals surface area contributed by atoms with E-state index in [0.717, 1.165) is 0 Å². The van der Waals surface area contributed by atoms with Gasteiger partial charge >= 0.3 is 0 Å². The summed E-state index contributed by atoms with van der Waals surface area (Å²) < 4.78 is 0. The van der Waals surface area contributed by atoms with Crippen LogP contribution in [0.5, 0.6) is 0 Å². The Hall–Kier alpha value is -2.66. The number of fused-ring (bicyclic) bond motifs is 1. The van der Waals surface area contributed by atoms with Crippen LogP contribution in [0.3, 0.4) is 0 Å². The Morgan fingerprint density at radius 2 is 1.46 bits per heavy atom. The van der Waals surface area contributed by atoms with Crippen LogP contribution >= 0.6 is 23.2 Å². The summed E-state index contributed by atoms with van der Waals surface area (Å²) in [6.07, 6.45) is 0. The first kappa shape index (κ1) is 18.7. The van der Waals surface area contributed by atoms with Gasteiger partial charge in [0.05, 0.1) is 16.6 Å². The number of ketones is 1. The fourth-order valence-corrected chi connectivity index (χ4v) is 4.15. The van der Waals surface area contributed by atoms with Gasteiger partial charge < -0.3 is 10.4 Å². The van der Waals surface area contributed by atoms with Crippen LogP contribution in [0.25, 0.3) is 0 Å². The van der Waals surface area contributed by atoms with Crippen molar-refractivity contribution in [2.75, 3.05) is 5.32 Å². The van der Waals surface area contributed by atoms with Gasteiger partial charge in [-0.1, -0.05) is 83.9 Å². The number of hydrogen-bond donors (Lipinski definition) is 2. The molecule has 0 aliphatic carbocycles. The molecule has 140 valence electrons. The van der Waals surface area contributed by atoms with Gasteiger partial charge in [-0.05, 0) is 17.7 Å². The zero-order chi connectivity index (χ0) is 19.9. The van der Waals surface area contributed by atoms with Crippen molar-refractivity contribution in [2.45, 2.75) is 11.5 Å². The molecular formula is C22H15Cl2NO3. The number of rotatable bonds is 4. The molecule has 28 heavy (non-hydrogen) atoms. The Labute approximate surface area is 171 Å². The van der Waals surface area contributed by atoms with Gasteiger partial charge in [-0.2, -0.15) is 0 Å². The summed E-state index contributed by atoms with van der Waals surface area (Å²) >= 11 is 12.6. The maximum atomic E-state index is 13.5. The molecule has 1 amide bonds. The zero-order valence-corrected chi connectivity index (χ0v) is 16.0. The molecular weight excluding hydrogens is 397 g/mol. The largest absolute Gasteiger partial charge is 0.374 e. The molecule has 3 aromatic rings. The Morgan fingerprint density at radius 3 is 2.11 bits per heavy atom. The van der Waals surface area contributed by atoms with E-state index in [0.29, 0.717) is 11.1 Å². The van der Waals surface area contributed by atoms with Gasteiger partial charge in [0.2, 0.25) is 0 Å². The highest BCUT2D eigenvalue weighted by molar-refractivity contribution is 6.38. The number of carbonyl (C=O) groups is 2. The quantitative estimate of drug-likeness (QED) is 0.605. The summed E-state index contributed by atoms with van der Waals surface area (Å²) in [5.41, 5.74) is -0.985. The number of anilines is 1. The lowest BCUT2D eigenvalue weighted by atomic mass is 9.74. The highest BCUT2D eigenvalue weighted by Gasteiger charge is 2.56. The number of carbonyl (C=O) groups excluding carboxylic acids is 2. The van der Waals surface area contributed by atoms with Crippen molar-refractivity contribution in [3.05, 3.63) is 99.5 Å². The maximum Gasteiger partial charge on any atom is 0.262 e. The number of amides is 1. The second-order valence-electron chi connectivity index (χ2n) is 6.57. The fourth-order valence-electron chi connectivity index (χ4n) is 3.64. The number of nitrogens with one attached hydrogen (secondary N) is 1. The van der Waals surface area contributed by atoms with E-state index in [-0.39, 0.29) is 21.3 Å². The molecule has 1 aliphatic heterocycles. The summed E-state index contributed by atoms with van der Waals surface area (Å²) in [6, 6.07) is 20.3. The van der Waals surface area contributed by atoms with Crippen molar-refractivity contribution >= 4 is 40.6 Å². The van der Waals surface area contributed by atoms with Crippen molar-refractivity contribution in [1.29, 1.82) is 0 Å². The standard InChI is InChI=1S/C22H15Cl2NO3/c23-15-11-12-16(24)19-18(15)22(28,21(27)25-19)17(13-7-3-1-4-8-13)20(26)14-9-5-2-6-10-14/h1-12,17,28H,(H,25,27)/t17-,22+/m1/s1. The normalized spacial score (nSPS) is 19.0. The topological polar surface area (TPSA) is 66.4 Å². The van der Waals surface area contributed by atoms with Gasteiger partial charge in [-0.25, -0.2) is 0 Å². The van der Waals surface area contributed by atoms with E-state index in [1.807, 2.05) is 0 Å². The monoisotopic (exact) mass is 411 g/mol. The molecule has 0 bridgehead atoms. The molecule has 1 heterocycles. The molecule has 0 spiro atoms. The Bertz CT molecular complexity index is 1070. The molecule has 0 saturated heterocycles. The molecule has 0 aromatic heterocycles. The van der Waals surface area contributed by atoms with Crippen molar-refractivity contribution in [3.8, 4) is 0 Å². The Morgan fingerprint density at radius 1 is 0.893 bits per heavy atom. The maximum absolute atomic E-state index is 13.5. The van der Waals surface area contributed by atoms with E-state index in [9.17, 15) is 14.7 Å². The summed E-state index contributed by atoms with van der Waals surface area (Å²) in [4.78, 5) is 26.5. The lowest BCUT2D eigenvalue weighted by Gasteiger charge is -2.31. The van der Waals surface area contributed by atoms with E-state index in [2.05, 4.69) is 5.32 Å². The zero-order valence-electron chi connectivity index (χ0n) is 14.5. The van der Waals surface area contributed by atoms with Crippen LogP contribution in [0.1, 0.15) is 27.4 Å². The number of benzene rings is 3. The van der Waals surface area contributed by atoms with E-state index < -0.39 is 23.2 Å². The van der Waals surface area contributed by atoms with Crippen LogP contribution in [-0.4, -0.2) is 16.8 Å². The van der Waals surface area contributed by atoms with Crippen LogP contribution in [0.4, 0.5) is 5.69 Å². The highest BCUT2D eigenvalue weighted by atomic mass is 35.5. The lowest BCUT2D eigenvalue weighted by molar-refractivity contribution is -0.135. The highest BCUT2D eigenvalue weighted by Crippen LogP contribution is 2.51. The average Bonchev–Trinajstić information content (AvgIpc) is 2.99. The molecule has 0 radical (unpaired) electrons. The first-order valence-electron chi connectivity index (χ1n) is 8.61. The van der Waals surface area contributed by atoms with E-state index in [1.165, 1.54) is 12.1 Å². The predicted molar refractivity (Wildman–Crippen MR) is 109 cm³/mol. The first-order valence-corrected chi connectivity index (χ1v) is 9.36. The molecule has 6 heteroatoms. The minimum Gasteiger partial charge on any atom is -0.374 e. The Kier molecular flexibility index (Phi) is 4.71. The van der Waals surface area contributed by atoms with Gasteiger partial charge in [0, 0.05) is 16.1 Å². The van der Waals surface area contributed by atoms with E-state index in [4.69, 9.17) is 23.2 Å². The molecule has 2 atom stereocenters. The van der Waals surface area contributed by atoms with Crippen LogP contribution in [-0.2, 0) is 10.4 Å². The third-order valence-electron chi connectivity index (χ3n) is 4.94. The number of aliphatic hydroxyl groups is 1. The van der Waals surface area contributed by atoms with Gasteiger partial charge in [0.15, 0.2) is 11.4 Å². The van der Waals surface area contributed by atoms with Gasteiger partial charge in [-0.3, -0.25) is 9.59 Å². The SMILES string of the molecule is O=C(c1ccccc1)[C@@H](c1ccccc1)[C@@]1(O)C(=O)Nc2c(Cl)ccc(Cl)c21. The summed E-state index contributed by atoms with van der Waals surface area (Å²) in [6.45, 7) is 0. The second-order valence-corrected chi connectivity index (χ2v) is 7.39. The van der Waals surface area contributed by atoms with Crippen LogP contribution < -0.4 is 5.32 Å². The molecule has 4 rings (SSSR count). The first-order chi connectivity index (χ1) is 13.4. The Balaban J connectivity index is 1.97. The van der Waals surface area contributed by atoms with E-state index in [1.54, 1.807) is 60.7 Å². The van der Waals surface area contributed by atoms with Crippen LogP contribution in [0.2, 0.25) is 10.0 Å². The summed E-state index contributed by atoms with van der Waals surface area (Å²) in [5, 5.41) is 14.7. The summed E-state index contributed by atoms with van der Waals surface area (Å²) in [7, 11) is 0. The molecule has 3 aromatic carbocycles. The number of halogens is 2. The number of hydrogen-bond acceptors (Lipinski definition) is 3. The third kappa shape index (κ3) is 2.81. The molecule has 4 nitrogen and oxygen atoms in total. The molecule has 0 fully saturated rings. The fraction of sp³-hybridized carbons (Fsp3) is 0.0909. The molecule has 1 aliphatic rings. The molecule has 0 unspecified atom stereocenters. The minimum atomic E-state index is -2.20. The molecule has 0 saturated carbocycles. The van der Waals surface area contributed by atoms with Crippen molar-refractivity contribution in [2.24, 2.45) is 0 Å². The average molecular weight is 412 g/mol. The van der Waals surface area contributed by atoms with Gasteiger partial charge in [0.1, 0.15) is 0 Å². The van der Waals surface area contributed by atoms with Crippen molar-refractivity contribution < 1.29 is 14.7 Å². The van der Waals surface area contributed by atoms with E-state index >= 15 is 0 Å². The smallest absolute Gasteiger partial charge is 0.262 e. The summed E-state index contributed by atoms with van der Waals surface area (Å²) in [5.74, 6) is -2.34. The lowest BCUT2D eigenvalue weighted by Crippen LogP contribution is -2.44. The minimum absolute atomic E-state index is 0.116.